The van der Waals surface area contributed by atoms with Crippen LogP contribution in [-0.2, 0) is 24.3 Å². The number of aryl methyl sites for hydroxylation is 1. The van der Waals surface area contributed by atoms with Gasteiger partial charge in [-0.3, -0.25) is 9.59 Å². The fraction of sp³-hybridized carbons (Fsp3) is 0.182. The molecule has 156 valence electrons. The van der Waals surface area contributed by atoms with Gasteiger partial charge in [-0.05, 0) is 30.5 Å². The molecule has 3 aromatic rings. The Hall–Kier alpha value is -3.23. The Kier molecular flexibility index (Phi) is 6.49. The van der Waals surface area contributed by atoms with Crippen LogP contribution in [-0.4, -0.2) is 44.8 Å². The Labute approximate surface area is 175 Å². The molecule has 30 heavy (non-hydrogen) atoms. The number of ether oxygens (including phenoxy) is 1. The van der Waals surface area contributed by atoms with Crippen LogP contribution in [0.4, 0.5) is 5.69 Å². The number of hydrogen-bond donors (Lipinski definition) is 1. The number of amides is 1. The summed E-state index contributed by atoms with van der Waals surface area (Å²) in [6, 6.07) is 19.4. The molecule has 0 radical (unpaired) electrons. The van der Waals surface area contributed by atoms with Crippen molar-refractivity contribution in [2.45, 2.75) is 11.8 Å². The van der Waals surface area contributed by atoms with Crippen LogP contribution in [0.15, 0.2) is 71.6 Å². The third kappa shape index (κ3) is 5.03. The van der Waals surface area contributed by atoms with E-state index in [1.807, 2.05) is 43.3 Å². The number of likely N-dealkylation sites (N-methyl/N-ethyl adjacent to an activating group) is 1. The molecular formula is C22H22N2O5S. The molecule has 7 nitrogen and oxygen atoms in total. The van der Waals surface area contributed by atoms with Gasteiger partial charge in [-0.2, -0.15) is 4.31 Å². The van der Waals surface area contributed by atoms with Gasteiger partial charge in [0, 0.05) is 18.1 Å². The molecule has 0 aromatic heterocycles. The molecule has 0 unspecified atom stereocenters. The van der Waals surface area contributed by atoms with Crippen LogP contribution in [0, 0.1) is 6.92 Å². The normalized spacial score (nSPS) is 11.4. The monoisotopic (exact) mass is 426 g/mol. The van der Waals surface area contributed by atoms with Crippen molar-refractivity contribution < 1.29 is 22.7 Å². The van der Waals surface area contributed by atoms with Crippen LogP contribution >= 0.6 is 0 Å². The molecule has 0 saturated carbocycles. The third-order valence-corrected chi connectivity index (χ3v) is 6.33. The van der Waals surface area contributed by atoms with E-state index in [0.29, 0.717) is 5.69 Å². The summed E-state index contributed by atoms with van der Waals surface area (Å²) in [5.41, 5.74) is 1.53. The van der Waals surface area contributed by atoms with Gasteiger partial charge in [-0.25, -0.2) is 8.42 Å². The van der Waals surface area contributed by atoms with Crippen LogP contribution < -0.4 is 5.32 Å². The Morgan fingerprint density at radius 1 is 0.967 bits per heavy atom. The minimum atomic E-state index is -3.83. The van der Waals surface area contributed by atoms with Gasteiger partial charge in [-0.1, -0.05) is 54.1 Å². The number of esters is 1. The highest BCUT2D eigenvalue weighted by molar-refractivity contribution is 7.89. The van der Waals surface area contributed by atoms with Crippen molar-refractivity contribution in [3.05, 3.63) is 72.3 Å². The van der Waals surface area contributed by atoms with E-state index in [9.17, 15) is 18.0 Å². The van der Waals surface area contributed by atoms with E-state index in [4.69, 9.17) is 4.74 Å². The van der Waals surface area contributed by atoms with Crippen LogP contribution in [0.5, 0.6) is 0 Å². The quantitative estimate of drug-likeness (QED) is 0.587. The first-order valence-corrected chi connectivity index (χ1v) is 10.7. The highest BCUT2D eigenvalue weighted by Gasteiger charge is 2.23. The minimum absolute atomic E-state index is 0.0806. The second-order valence-electron chi connectivity index (χ2n) is 6.81. The number of rotatable bonds is 7. The topological polar surface area (TPSA) is 92.8 Å². The molecule has 0 aliphatic heterocycles. The lowest BCUT2D eigenvalue weighted by molar-refractivity contribution is -0.147. The van der Waals surface area contributed by atoms with E-state index in [2.05, 4.69) is 5.32 Å². The van der Waals surface area contributed by atoms with Crippen molar-refractivity contribution in [1.82, 2.24) is 4.31 Å². The van der Waals surface area contributed by atoms with Crippen molar-refractivity contribution in [1.29, 1.82) is 0 Å². The van der Waals surface area contributed by atoms with Gasteiger partial charge in [0.05, 0.1) is 4.90 Å². The number of nitrogens with one attached hydrogen (secondary N) is 1. The molecule has 0 spiro atoms. The Morgan fingerprint density at radius 3 is 2.37 bits per heavy atom. The van der Waals surface area contributed by atoms with Crippen molar-refractivity contribution in [2.24, 2.45) is 0 Å². The summed E-state index contributed by atoms with van der Waals surface area (Å²) in [5.74, 6) is -1.33. The number of hydrogen-bond acceptors (Lipinski definition) is 5. The van der Waals surface area contributed by atoms with Crippen molar-refractivity contribution >= 4 is 38.4 Å². The molecule has 3 aromatic carbocycles. The predicted molar refractivity (Wildman–Crippen MR) is 115 cm³/mol. The lowest BCUT2D eigenvalue weighted by atomic mass is 10.1. The zero-order valence-corrected chi connectivity index (χ0v) is 17.5. The maximum Gasteiger partial charge on any atom is 0.321 e. The zero-order chi connectivity index (χ0) is 21.7. The summed E-state index contributed by atoms with van der Waals surface area (Å²) in [6.45, 7) is 0.832. The van der Waals surface area contributed by atoms with E-state index in [1.165, 1.54) is 19.2 Å². The van der Waals surface area contributed by atoms with Crippen molar-refractivity contribution in [3.63, 3.8) is 0 Å². The molecule has 0 atom stereocenters. The van der Waals surface area contributed by atoms with Gasteiger partial charge < -0.3 is 10.1 Å². The summed E-state index contributed by atoms with van der Waals surface area (Å²) < 4.78 is 30.9. The van der Waals surface area contributed by atoms with Gasteiger partial charge in [0.25, 0.3) is 5.91 Å². The number of carbonyl (C=O) groups is 2. The average molecular weight is 426 g/mol. The Morgan fingerprint density at radius 2 is 1.63 bits per heavy atom. The van der Waals surface area contributed by atoms with E-state index in [0.717, 1.165) is 20.6 Å². The first-order chi connectivity index (χ1) is 14.3. The Bertz CT molecular complexity index is 1170. The van der Waals surface area contributed by atoms with E-state index < -0.39 is 35.1 Å². The van der Waals surface area contributed by atoms with Gasteiger partial charge in [0.1, 0.15) is 6.54 Å². The van der Waals surface area contributed by atoms with Gasteiger partial charge in [0.2, 0.25) is 10.0 Å². The van der Waals surface area contributed by atoms with Crippen LogP contribution in [0.25, 0.3) is 10.8 Å². The molecule has 0 aliphatic carbocycles. The van der Waals surface area contributed by atoms with Gasteiger partial charge in [0.15, 0.2) is 6.61 Å². The fourth-order valence-electron chi connectivity index (χ4n) is 2.87. The molecule has 0 fully saturated rings. The second-order valence-corrected chi connectivity index (χ2v) is 8.85. The maximum absolute atomic E-state index is 12.5. The lowest BCUT2D eigenvalue weighted by Crippen LogP contribution is -2.34. The van der Waals surface area contributed by atoms with Crippen LogP contribution in [0.3, 0.4) is 0 Å². The van der Waals surface area contributed by atoms with E-state index in [-0.39, 0.29) is 4.90 Å². The largest absolute Gasteiger partial charge is 0.455 e. The van der Waals surface area contributed by atoms with Crippen molar-refractivity contribution in [3.8, 4) is 0 Å². The number of anilines is 1. The minimum Gasteiger partial charge on any atom is -0.455 e. The van der Waals surface area contributed by atoms with Gasteiger partial charge >= 0.3 is 5.97 Å². The van der Waals surface area contributed by atoms with E-state index >= 15 is 0 Å². The zero-order valence-electron chi connectivity index (χ0n) is 16.7. The predicted octanol–water partition coefficient (Wildman–Crippen LogP) is 2.95. The summed E-state index contributed by atoms with van der Waals surface area (Å²) in [6.07, 6.45) is 0. The molecule has 1 amide bonds. The molecule has 0 heterocycles. The molecule has 3 rings (SSSR count). The number of carbonyl (C=O) groups excluding carboxylic acids is 2. The highest BCUT2D eigenvalue weighted by atomic mass is 32.2. The third-order valence-electron chi connectivity index (χ3n) is 4.51. The number of sulfonamides is 1. The van der Waals surface area contributed by atoms with Gasteiger partial charge in [-0.15, -0.1) is 0 Å². The lowest BCUT2D eigenvalue weighted by Gasteiger charge is -2.16. The van der Waals surface area contributed by atoms with Crippen LogP contribution in [0.2, 0.25) is 0 Å². The number of benzene rings is 3. The molecule has 1 N–H and O–H groups in total. The summed E-state index contributed by atoms with van der Waals surface area (Å²) in [4.78, 5) is 24.3. The summed E-state index contributed by atoms with van der Waals surface area (Å²) in [7, 11) is -2.55. The number of fused-ring (bicyclic) bond motifs is 1. The Balaban J connectivity index is 1.56. The first-order valence-electron chi connectivity index (χ1n) is 9.23. The SMILES string of the molecule is Cc1ccc(S(=O)(=O)N(C)CC(=O)OCC(=O)Nc2cccc3ccccc23)cc1. The smallest absolute Gasteiger partial charge is 0.321 e. The van der Waals surface area contributed by atoms with Crippen LogP contribution in [0.1, 0.15) is 5.56 Å². The summed E-state index contributed by atoms with van der Waals surface area (Å²) >= 11 is 0. The fourth-order valence-corrected chi connectivity index (χ4v) is 3.98. The van der Waals surface area contributed by atoms with Crippen molar-refractivity contribution in [2.75, 3.05) is 25.5 Å². The maximum atomic E-state index is 12.5. The molecule has 8 heteroatoms. The molecule has 0 saturated heterocycles. The molecule has 0 aliphatic rings. The summed E-state index contributed by atoms with van der Waals surface area (Å²) in [5, 5.41) is 4.54. The number of nitrogens with zero attached hydrogens (tertiary/aromatic N) is 1. The first kappa shape index (κ1) is 21.5. The van der Waals surface area contributed by atoms with E-state index in [1.54, 1.807) is 18.2 Å². The second kappa shape index (κ2) is 9.06. The standard InChI is InChI=1S/C22H22N2O5S/c1-16-10-12-18(13-11-16)30(27,28)24(2)14-22(26)29-15-21(25)23-20-9-5-7-17-6-3-4-8-19(17)20/h3-13H,14-15H2,1-2H3,(H,23,25). The molecular weight excluding hydrogens is 404 g/mol. The highest BCUT2D eigenvalue weighted by Crippen LogP contribution is 2.22. The molecule has 0 bridgehead atoms. The average Bonchev–Trinajstić information content (AvgIpc) is 2.73.